The third kappa shape index (κ3) is 3.64. The van der Waals surface area contributed by atoms with Crippen LogP contribution in [0.1, 0.15) is 46.0 Å². The monoisotopic (exact) mass is 262 g/mol. The van der Waals surface area contributed by atoms with Crippen LogP contribution < -0.4 is 5.73 Å². The van der Waals surface area contributed by atoms with Gasteiger partial charge >= 0.3 is 0 Å². The molecule has 1 aliphatic rings. The molecular weight excluding hydrogens is 238 g/mol. The summed E-state index contributed by atoms with van der Waals surface area (Å²) in [6.45, 7) is 4.86. The van der Waals surface area contributed by atoms with Crippen LogP contribution in [0.2, 0.25) is 0 Å². The van der Waals surface area contributed by atoms with E-state index in [9.17, 15) is 13.6 Å². The van der Waals surface area contributed by atoms with Crippen molar-refractivity contribution in [2.45, 2.75) is 57.9 Å². The zero-order valence-corrected chi connectivity index (χ0v) is 11.3. The van der Waals surface area contributed by atoms with Crippen LogP contribution in [0.15, 0.2) is 0 Å². The zero-order chi connectivity index (χ0) is 13.8. The Labute approximate surface area is 108 Å². The Kier molecular flexibility index (Phi) is 5.50. The fourth-order valence-corrected chi connectivity index (χ4v) is 2.74. The summed E-state index contributed by atoms with van der Waals surface area (Å²) < 4.78 is 26.3. The smallest absolute Gasteiger partial charge is 0.248 e. The van der Waals surface area contributed by atoms with Crippen LogP contribution in [0.25, 0.3) is 0 Å². The number of alkyl halides is 2. The Morgan fingerprint density at radius 3 is 2.44 bits per heavy atom. The summed E-state index contributed by atoms with van der Waals surface area (Å²) in [5.41, 5.74) is 5.52. The van der Waals surface area contributed by atoms with E-state index in [4.69, 9.17) is 5.73 Å². The molecule has 1 atom stereocenters. The molecule has 0 saturated heterocycles. The van der Waals surface area contributed by atoms with Gasteiger partial charge in [-0.15, -0.1) is 0 Å². The maximum Gasteiger partial charge on any atom is 0.248 e. The van der Waals surface area contributed by atoms with E-state index in [1.54, 1.807) is 4.90 Å². The third-order valence-corrected chi connectivity index (χ3v) is 3.79. The van der Waals surface area contributed by atoms with E-state index in [2.05, 4.69) is 0 Å². The molecule has 1 unspecified atom stereocenters. The summed E-state index contributed by atoms with van der Waals surface area (Å²) in [7, 11) is 0. The molecule has 0 heterocycles. The molecule has 0 spiro atoms. The highest BCUT2D eigenvalue weighted by molar-refractivity contribution is 5.79. The maximum atomic E-state index is 13.2. The molecule has 0 bridgehead atoms. The van der Waals surface area contributed by atoms with Crippen molar-refractivity contribution in [3.05, 3.63) is 0 Å². The van der Waals surface area contributed by atoms with Crippen LogP contribution in [0, 0.1) is 5.92 Å². The number of carbonyl (C=O) groups is 1. The molecule has 1 fully saturated rings. The Morgan fingerprint density at radius 1 is 1.44 bits per heavy atom. The van der Waals surface area contributed by atoms with Gasteiger partial charge in [-0.05, 0) is 19.3 Å². The largest absolute Gasteiger partial charge is 0.338 e. The number of rotatable bonds is 6. The lowest BCUT2D eigenvalue weighted by molar-refractivity contribution is -0.138. The van der Waals surface area contributed by atoms with Gasteiger partial charge in [-0.2, -0.15) is 0 Å². The standard InChI is InChI=1S/C13H24F2N2O/c1-3-11(4-2)17(8-7-16)12(18)10-5-6-13(14,15)9-10/h10-11H,3-9,16H2,1-2H3. The summed E-state index contributed by atoms with van der Waals surface area (Å²) >= 11 is 0. The number of nitrogens with two attached hydrogens (primary N) is 1. The van der Waals surface area contributed by atoms with E-state index in [0.717, 1.165) is 12.8 Å². The Hall–Kier alpha value is -0.710. The highest BCUT2D eigenvalue weighted by Crippen LogP contribution is 2.39. The second kappa shape index (κ2) is 6.45. The molecular formula is C13H24F2N2O. The van der Waals surface area contributed by atoms with Gasteiger partial charge in [-0.25, -0.2) is 8.78 Å². The first-order chi connectivity index (χ1) is 8.45. The van der Waals surface area contributed by atoms with E-state index in [0.29, 0.717) is 19.5 Å². The number of nitrogens with zero attached hydrogens (tertiary/aromatic N) is 1. The Bertz CT molecular complexity index is 280. The molecule has 1 aliphatic carbocycles. The van der Waals surface area contributed by atoms with Crippen LogP contribution in [-0.2, 0) is 4.79 Å². The lowest BCUT2D eigenvalue weighted by Crippen LogP contribution is -2.45. The number of hydrogen-bond donors (Lipinski definition) is 1. The molecule has 0 radical (unpaired) electrons. The van der Waals surface area contributed by atoms with Crippen molar-refractivity contribution in [2.24, 2.45) is 11.7 Å². The van der Waals surface area contributed by atoms with Crippen LogP contribution in [0.5, 0.6) is 0 Å². The average molecular weight is 262 g/mol. The van der Waals surface area contributed by atoms with E-state index >= 15 is 0 Å². The first kappa shape index (κ1) is 15.3. The molecule has 1 rings (SSSR count). The summed E-state index contributed by atoms with van der Waals surface area (Å²) in [5, 5.41) is 0. The average Bonchev–Trinajstić information content (AvgIpc) is 2.69. The first-order valence-electron chi connectivity index (χ1n) is 6.83. The van der Waals surface area contributed by atoms with Crippen molar-refractivity contribution in [3.8, 4) is 0 Å². The Morgan fingerprint density at radius 2 is 2.06 bits per heavy atom. The summed E-state index contributed by atoms with van der Waals surface area (Å²) in [6, 6.07) is 0.121. The van der Waals surface area contributed by atoms with Gasteiger partial charge in [0.1, 0.15) is 0 Å². The minimum Gasteiger partial charge on any atom is -0.338 e. The quantitative estimate of drug-likeness (QED) is 0.799. The maximum absolute atomic E-state index is 13.2. The predicted molar refractivity (Wildman–Crippen MR) is 67.4 cm³/mol. The molecule has 0 aromatic heterocycles. The SMILES string of the molecule is CCC(CC)N(CCN)C(=O)C1CCC(F)(F)C1. The molecule has 0 aromatic carbocycles. The van der Waals surface area contributed by atoms with Crippen molar-refractivity contribution < 1.29 is 13.6 Å². The minimum absolute atomic E-state index is 0.121. The van der Waals surface area contributed by atoms with Crippen molar-refractivity contribution in [3.63, 3.8) is 0 Å². The normalized spacial score (nSPS) is 22.4. The van der Waals surface area contributed by atoms with Crippen molar-refractivity contribution in [1.29, 1.82) is 0 Å². The molecule has 5 heteroatoms. The van der Waals surface area contributed by atoms with Crippen LogP contribution in [0.3, 0.4) is 0 Å². The molecule has 18 heavy (non-hydrogen) atoms. The fourth-order valence-electron chi connectivity index (χ4n) is 2.74. The molecule has 106 valence electrons. The molecule has 2 N–H and O–H groups in total. The second-order valence-corrected chi connectivity index (χ2v) is 5.09. The predicted octanol–water partition coefficient (Wildman–Crippen LogP) is 2.40. The highest BCUT2D eigenvalue weighted by atomic mass is 19.3. The van der Waals surface area contributed by atoms with E-state index < -0.39 is 11.8 Å². The summed E-state index contributed by atoms with van der Waals surface area (Å²) in [5.74, 6) is -3.32. The van der Waals surface area contributed by atoms with Crippen LogP contribution in [-0.4, -0.2) is 35.9 Å². The van der Waals surface area contributed by atoms with Gasteiger partial charge in [-0.1, -0.05) is 13.8 Å². The van der Waals surface area contributed by atoms with Crippen LogP contribution in [0.4, 0.5) is 8.78 Å². The lowest BCUT2D eigenvalue weighted by atomic mass is 10.0. The lowest BCUT2D eigenvalue weighted by Gasteiger charge is -2.32. The number of carbonyl (C=O) groups excluding carboxylic acids is 1. The zero-order valence-electron chi connectivity index (χ0n) is 11.3. The van der Waals surface area contributed by atoms with Crippen LogP contribution >= 0.6 is 0 Å². The number of halogens is 2. The van der Waals surface area contributed by atoms with Gasteiger partial charge in [0.2, 0.25) is 11.8 Å². The van der Waals surface area contributed by atoms with E-state index in [-0.39, 0.29) is 24.8 Å². The molecule has 1 saturated carbocycles. The summed E-state index contributed by atoms with van der Waals surface area (Å²) in [6.07, 6.45) is 1.51. The molecule has 1 amide bonds. The van der Waals surface area contributed by atoms with Gasteiger partial charge in [0.15, 0.2) is 0 Å². The minimum atomic E-state index is -2.66. The first-order valence-corrected chi connectivity index (χ1v) is 6.83. The summed E-state index contributed by atoms with van der Waals surface area (Å²) in [4.78, 5) is 14.0. The highest BCUT2D eigenvalue weighted by Gasteiger charge is 2.44. The van der Waals surface area contributed by atoms with Crippen molar-refractivity contribution in [1.82, 2.24) is 4.90 Å². The van der Waals surface area contributed by atoms with Gasteiger partial charge < -0.3 is 10.6 Å². The van der Waals surface area contributed by atoms with Gasteiger partial charge in [-0.3, -0.25) is 4.79 Å². The van der Waals surface area contributed by atoms with Gasteiger partial charge in [0.25, 0.3) is 0 Å². The fraction of sp³-hybridized carbons (Fsp3) is 0.923. The van der Waals surface area contributed by atoms with E-state index in [1.807, 2.05) is 13.8 Å². The number of hydrogen-bond acceptors (Lipinski definition) is 2. The molecule has 3 nitrogen and oxygen atoms in total. The van der Waals surface area contributed by atoms with Gasteiger partial charge in [0.05, 0.1) is 0 Å². The molecule has 0 aromatic rings. The van der Waals surface area contributed by atoms with Crippen molar-refractivity contribution >= 4 is 5.91 Å². The Balaban J connectivity index is 2.71. The second-order valence-electron chi connectivity index (χ2n) is 5.09. The van der Waals surface area contributed by atoms with E-state index in [1.165, 1.54) is 0 Å². The third-order valence-electron chi connectivity index (χ3n) is 3.79. The topological polar surface area (TPSA) is 46.3 Å². The van der Waals surface area contributed by atoms with Gasteiger partial charge in [0, 0.05) is 37.9 Å². The number of amides is 1. The molecule has 0 aliphatic heterocycles. The van der Waals surface area contributed by atoms with Crippen molar-refractivity contribution in [2.75, 3.05) is 13.1 Å².